The standard InChI is InChI=1S/C16H14F3N3O/c1-9-6-11(8-20-7-9)12-4-5-13(14(21-12)16(17,18)19)22-15(23)10-2-3-10/h4-8,10H,2-3H2,1H3,(H,22,23). The van der Waals surface area contributed by atoms with E-state index in [0.29, 0.717) is 18.4 Å². The lowest BCUT2D eigenvalue weighted by atomic mass is 10.1. The van der Waals surface area contributed by atoms with Gasteiger partial charge >= 0.3 is 6.18 Å². The molecule has 120 valence electrons. The van der Waals surface area contributed by atoms with Crippen LogP contribution in [0.15, 0.2) is 30.6 Å². The van der Waals surface area contributed by atoms with Crippen LogP contribution in [-0.2, 0) is 11.0 Å². The largest absolute Gasteiger partial charge is 0.435 e. The molecule has 0 saturated heterocycles. The van der Waals surface area contributed by atoms with E-state index in [-0.39, 0.29) is 23.2 Å². The zero-order chi connectivity index (χ0) is 16.6. The predicted molar refractivity (Wildman–Crippen MR) is 78.6 cm³/mol. The summed E-state index contributed by atoms with van der Waals surface area (Å²) >= 11 is 0. The first-order chi connectivity index (χ1) is 10.8. The Morgan fingerprint density at radius 3 is 2.61 bits per heavy atom. The molecule has 2 heterocycles. The maximum atomic E-state index is 13.3. The summed E-state index contributed by atoms with van der Waals surface area (Å²) in [5.74, 6) is -0.570. The first kappa shape index (κ1) is 15.5. The van der Waals surface area contributed by atoms with Gasteiger partial charge in [-0.15, -0.1) is 0 Å². The predicted octanol–water partition coefficient (Wildman–Crippen LogP) is 3.82. The molecule has 3 rings (SSSR count). The fourth-order valence-corrected chi connectivity index (χ4v) is 2.21. The molecule has 1 saturated carbocycles. The summed E-state index contributed by atoms with van der Waals surface area (Å²) < 4.78 is 39.8. The molecule has 0 unspecified atom stereocenters. The van der Waals surface area contributed by atoms with Gasteiger partial charge in [0.25, 0.3) is 0 Å². The molecule has 1 fully saturated rings. The van der Waals surface area contributed by atoms with Gasteiger partial charge in [0.15, 0.2) is 5.69 Å². The molecule has 23 heavy (non-hydrogen) atoms. The number of carbonyl (C=O) groups excluding carboxylic acids is 1. The lowest BCUT2D eigenvalue weighted by Crippen LogP contribution is -2.19. The highest BCUT2D eigenvalue weighted by molar-refractivity contribution is 5.94. The van der Waals surface area contributed by atoms with Gasteiger partial charge in [-0.05, 0) is 43.5 Å². The van der Waals surface area contributed by atoms with E-state index < -0.39 is 11.9 Å². The molecule has 0 radical (unpaired) electrons. The lowest BCUT2D eigenvalue weighted by molar-refractivity contribution is -0.140. The number of hydrogen-bond acceptors (Lipinski definition) is 3. The van der Waals surface area contributed by atoms with Crippen LogP contribution in [0, 0.1) is 12.8 Å². The van der Waals surface area contributed by atoms with Crippen molar-refractivity contribution in [1.82, 2.24) is 9.97 Å². The second-order valence-corrected chi connectivity index (χ2v) is 5.60. The van der Waals surface area contributed by atoms with Crippen LogP contribution >= 0.6 is 0 Å². The molecule has 0 aromatic carbocycles. The molecule has 1 aliphatic carbocycles. The second-order valence-electron chi connectivity index (χ2n) is 5.60. The Labute approximate surface area is 130 Å². The number of anilines is 1. The summed E-state index contributed by atoms with van der Waals surface area (Å²) in [7, 11) is 0. The number of hydrogen-bond donors (Lipinski definition) is 1. The van der Waals surface area contributed by atoms with Gasteiger partial charge in [-0.2, -0.15) is 13.2 Å². The molecule has 1 N–H and O–H groups in total. The highest BCUT2D eigenvalue weighted by atomic mass is 19.4. The van der Waals surface area contributed by atoms with Crippen LogP contribution in [0.25, 0.3) is 11.3 Å². The maximum absolute atomic E-state index is 13.3. The number of halogens is 3. The Morgan fingerprint density at radius 2 is 2.00 bits per heavy atom. The Bertz CT molecular complexity index is 754. The van der Waals surface area contributed by atoms with Crippen molar-refractivity contribution in [3.63, 3.8) is 0 Å². The number of aromatic nitrogens is 2. The van der Waals surface area contributed by atoms with Gasteiger partial charge in [0.05, 0.1) is 11.4 Å². The van der Waals surface area contributed by atoms with Gasteiger partial charge in [0, 0.05) is 23.9 Å². The average molecular weight is 321 g/mol. The molecule has 1 amide bonds. The average Bonchev–Trinajstić information content (AvgIpc) is 3.31. The van der Waals surface area contributed by atoms with E-state index in [0.717, 1.165) is 5.56 Å². The fourth-order valence-electron chi connectivity index (χ4n) is 2.21. The smallest absolute Gasteiger partial charge is 0.324 e. The molecule has 7 heteroatoms. The zero-order valence-corrected chi connectivity index (χ0v) is 12.3. The summed E-state index contributed by atoms with van der Waals surface area (Å²) in [6.45, 7) is 1.80. The van der Waals surface area contributed by atoms with Crippen molar-refractivity contribution in [3.8, 4) is 11.3 Å². The number of nitrogens with zero attached hydrogens (tertiary/aromatic N) is 2. The molecule has 0 bridgehead atoms. The van der Waals surface area contributed by atoms with Crippen molar-refractivity contribution >= 4 is 11.6 Å². The van der Waals surface area contributed by atoms with E-state index >= 15 is 0 Å². The molecule has 4 nitrogen and oxygen atoms in total. The van der Waals surface area contributed by atoms with Gasteiger partial charge in [-0.3, -0.25) is 9.78 Å². The summed E-state index contributed by atoms with van der Waals surface area (Å²) in [5.41, 5.74) is 0.0850. The number of nitrogens with one attached hydrogen (secondary N) is 1. The van der Waals surface area contributed by atoms with E-state index in [2.05, 4.69) is 15.3 Å². The van der Waals surface area contributed by atoms with Crippen molar-refractivity contribution in [2.24, 2.45) is 5.92 Å². The number of alkyl halides is 3. The van der Waals surface area contributed by atoms with E-state index in [4.69, 9.17) is 0 Å². The molecular formula is C16H14F3N3O. The van der Waals surface area contributed by atoms with Crippen LogP contribution in [0.5, 0.6) is 0 Å². The molecule has 2 aromatic rings. The third-order valence-electron chi connectivity index (χ3n) is 3.54. The van der Waals surface area contributed by atoms with Gasteiger partial charge in [0.1, 0.15) is 0 Å². The Hall–Kier alpha value is -2.44. The lowest BCUT2D eigenvalue weighted by Gasteiger charge is -2.14. The fraction of sp³-hybridized carbons (Fsp3) is 0.312. The summed E-state index contributed by atoms with van der Waals surface area (Å²) in [4.78, 5) is 19.4. The number of pyridine rings is 2. The zero-order valence-electron chi connectivity index (χ0n) is 12.3. The van der Waals surface area contributed by atoms with Crippen molar-refractivity contribution in [3.05, 3.63) is 41.9 Å². The Balaban J connectivity index is 1.99. The quantitative estimate of drug-likeness (QED) is 0.935. The van der Waals surface area contributed by atoms with Crippen LogP contribution in [0.1, 0.15) is 24.1 Å². The van der Waals surface area contributed by atoms with Gasteiger partial charge in [-0.25, -0.2) is 4.98 Å². The number of rotatable bonds is 3. The topological polar surface area (TPSA) is 54.9 Å². The Morgan fingerprint density at radius 1 is 1.26 bits per heavy atom. The maximum Gasteiger partial charge on any atom is 0.435 e. The highest BCUT2D eigenvalue weighted by Crippen LogP contribution is 2.36. The van der Waals surface area contributed by atoms with Gasteiger partial charge in [-0.1, -0.05) is 0 Å². The second kappa shape index (κ2) is 5.64. The van der Waals surface area contributed by atoms with Crippen molar-refractivity contribution in [1.29, 1.82) is 0 Å². The van der Waals surface area contributed by atoms with Crippen molar-refractivity contribution < 1.29 is 18.0 Å². The van der Waals surface area contributed by atoms with Gasteiger partial charge < -0.3 is 5.32 Å². The van der Waals surface area contributed by atoms with Crippen molar-refractivity contribution in [2.75, 3.05) is 5.32 Å². The molecule has 0 spiro atoms. The third-order valence-corrected chi connectivity index (χ3v) is 3.54. The summed E-state index contributed by atoms with van der Waals surface area (Å²) in [6, 6.07) is 4.40. The molecule has 0 atom stereocenters. The minimum Gasteiger partial charge on any atom is -0.324 e. The van der Waals surface area contributed by atoms with E-state index in [1.807, 2.05) is 0 Å². The molecule has 1 aliphatic rings. The first-order valence-electron chi connectivity index (χ1n) is 7.16. The van der Waals surface area contributed by atoms with E-state index in [9.17, 15) is 18.0 Å². The minimum atomic E-state index is -4.65. The molecule has 0 aliphatic heterocycles. The Kier molecular flexibility index (Phi) is 3.79. The summed E-state index contributed by atoms with van der Waals surface area (Å²) in [6.07, 6.45) is -0.156. The summed E-state index contributed by atoms with van der Waals surface area (Å²) in [5, 5.41) is 2.33. The van der Waals surface area contributed by atoms with Crippen LogP contribution in [0.4, 0.5) is 18.9 Å². The normalized spacial score (nSPS) is 14.6. The number of carbonyl (C=O) groups is 1. The van der Waals surface area contributed by atoms with Crippen molar-refractivity contribution in [2.45, 2.75) is 25.9 Å². The monoisotopic (exact) mass is 321 g/mol. The van der Waals surface area contributed by atoms with Crippen LogP contribution in [0.3, 0.4) is 0 Å². The van der Waals surface area contributed by atoms with Crippen LogP contribution in [-0.4, -0.2) is 15.9 Å². The number of amides is 1. The van der Waals surface area contributed by atoms with E-state index in [1.54, 1.807) is 19.2 Å². The number of aryl methyl sites for hydroxylation is 1. The van der Waals surface area contributed by atoms with Crippen LogP contribution in [0.2, 0.25) is 0 Å². The molecular weight excluding hydrogens is 307 g/mol. The highest BCUT2D eigenvalue weighted by Gasteiger charge is 2.38. The van der Waals surface area contributed by atoms with E-state index in [1.165, 1.54) is 18.3 Å². The SMILES string of the molecule is Cc1cncc(-c2ccc(NC(=O)C3CC3)c(C(F)(F)F)n2)c1. The van der Waals surface area contributed by atoms with Gasteiger partial charge in [0.2, 0.25) is 5.91 Å². The van der Waals surface area contributed by atoms with Crippen LogP contribution < -0.4 is 5.32 Å². The first-order valence-corrected chi connectivity index (χ1v) is 7.16. The molecule has 2 aromatic heterocycles. The third kappa shape index (κ3) is 3.49. The minimum absolute atomic E-state index is 0.165.